The zero-order chi connectivity index (χ0) is 11.5. The fourth-order valence-corrected chi connectivity index (χ4v) is 2.31. The van der Waals surface area contributed by atoms with Gasteiger partial charge in [0.1, 0.15) is 5.75 Å². The number of phenolic OH excluding ortho intramolecular Hbond substituents is 1. The monoisotopic (exact) mass is 221 g/mol. The molecular formula is C13H19NO2. The lowest BCUT2D eigenvalue weighted by Crippen LogP contribution is -2.23. The summed E-state index contributed by atoms with van der Waals surface area (Å²) in [5.41, 5.74) is 1.13. The van der Waals surface area contributed by atoms with Gasteiger partial charge in [-0.25, -0.2) is 0 Å². The molecular weight excluding hydrogens is 202 g/mol. The van der Waals surface area contributed by atoms with Crippen LogP contribution in [0.25, 0.3) is 0 Å². The maximum absolute atomic E-state index is 9.51. The number of rotatable bonds is 3. The predicted molar refractivity (Wildman–Crippen MR) is 63.2 cm³/mol. The van der Waals surface area contributed by atoms with Crippen molar-refractivity contribution in [2.75, 3.05) is 13.1 Å². The van der Waals surface area contributed by atoms with Crippen LogP contribution in [-0.4, -0.2) is 34.3 Å². The number of likely N-dealkylation sites (tertiary alicyclic amines) is 1. The van der Waals surface area contributed by atoms with E-state index >= 15 is 0 Å². The zero-order valence-corrected chi connectivity index (χ0v) is 9.63. The maximum atomic E-state index is 9.51. The van der Waals surface area contributed by atoms with E-state index in [1.165, 1.54) is 0 Å². The third-order valence-corrected chi connectivity index (χ3v) is 3.31. The number of nitrogens with zero attached hydrogens (tertiary/aromatic N) is 1. The van der Waals surface area contributed by atoms with Crippen molar-refractivity contribution in [2.24, 2.45) is 5.92 Å². The van der Waals surface area contributed by atoms with Crippen molar-refractivity contribution in [3.63, 3.8) is 0 Å². The molecule has 0 radical (unpaired) electrons. The predicted octanol–water partition coefficient (Wildman–Crippen LogP) is 1.59. The van der Waals surface area contributed by atoms with E-state index in [0.717, 1.165) is 31.6 Å². The summed E-state index contributed by atoms with van der Waals surface area (Å²) in [5, 5.41) is 18.9. The van der Waals surface area contributed by atoms with E-state index in [-0.39, 0.29) is 6.10 Å². The first-order chi connectivity index (χ1) is 7.65. The summed E-state index contributed by atoms with van der Waals surface area (Å²) in [6.45, 7) is 4.71. The molecule has 1 saturated heterocycles. The van der Waals surface area contributed by atoms with Crippen molar-refractivity contribution < 1.29 is 10.2 Å². The SMILES string of the molecule is CC(O)C1CCN(Cc2cccc(O)c2)C1. The van der Waals surface area contributed by atoms with Gasteiger partial charge in [-0.15, -0.1) is 0 Å². The number of aliphatic hydroxyl groups is 1. The fourth-order valence-electron chi connectivity index (χ4n) is 2.31. The molecule has 2 atom stereocenters. The molecule has 1 aliphatic rings. The second-order valence-corrected chi connectivity index (χ2v) is 4.69. The topological polar surface area (TPSA) is 43.7 Å². The molecule has 2 unspecified atom stereocenters. The summed E-state index contributed by atoms with van der Waals surface area (Å²) in [7, 11) is 0. The van der Waals surface area contributed by atoms with E-state index in [1.54, 1.807) is 12.1 Å². The molecule has 3 heteroatoms. The molecule has 16 heavy (non-hydrogen) atoms. The summed E-state index contributed by atoms with van der Waals surface area (Å²) in [6.07, 6.45) is 0.852. The van der Waals surface area contributed by atoms with Crippen LogP contribution in [0.4, 0.5) is 0 Å². The van der Waals surface area contributed by atoms with Gasteiger partial charge in [0, 0.05) is 13.1 Å². The third-order valence-electron chi connectivity index (χ3n) is 3.31. The second-order valence-electron chi connectivity index (χ2n) is 4.69. The van der Waals surface area contributed by atoms with E-state index in [4.69, 9.17) is 0 Å². The highest BCUT2D eigenvalue weighted by atomic mass is 16.3. The van der Waals surface area contributed by atoms with Crippen LogP contribution in [0, 0.1) is 5.92 Å². The van der Waals surface area contributed by atoms with Crippen molar-refractivity contribution in [1.82, 2.24) is 4.90 Å². The Morgan fingerprint density at radius 2 is 2.31 bits per heavy atom. The number of aromatic hydroxyl groups is 1. The van der Waals surface area contributed by atoms with E-state index < -0.39 is 0 Å². The number of aliphatic hydroxyl groups excluding tert-OH is 1. The first kappa shape index (κ1) is 11.4. The maximum Gasteiger partial charge on any atom is 0.115 e. The Hall–Kier alpha value is -1.06. The molecule has 0 amide bonds. The van der Waals surface area contributed by atoms with Crippen molar-refractivity contribution in [3.8, 4) is 5.75 Å². The molecule has 1 aliphatic heterocycles. The van der Waals surface area contributed by atoms with Gasteiger partial charge in [0.25, 0.3) is 0 Å². The minimum absolute atomic E-state index is 0.214. The van der Waals surface area contributed by atoms with Gasteiger partial charge in [-0.2, -0.15) is 0 Å². The molecule has 0 spiro atoms. The molecule has 1 aromatic carbocycles. The van der Waals surface area contributed by atoms with E-state index in [9.17, 15) is 10.2 Å². The molecule has 2 N–H and O–H groups in total. The molecule has 0 saturated carbocycles. The van der Waals surface area contributed by atoms with Crippen LogP contribution in [-0.2, 0) is 6.54 Å². The Bertz CT molecular complexity index is 352. The van der Waals surface area contributed by atoms with Crippen molar-refractivity contribution >= 4 is 0 Å². The van der Waals surface area contributed by atoms with Gasteiger partial charge < -0.3 is 10.2 Å². The van der Waals surface area contributed by atoms with Crippen LogP contribution in [0.2, 0.25) is 0 Å². The highest BCUT2D eigenvalue weighted by molar-refractivity contribution is 5.27. The van der Waals surface area contributed by atoms with E-state index in [2.05, 4.69) is 4.90 Å². The molecule has 3 nitrogen and oxygen atoms in total. The van der Waals surface area contributed by atoms with Crippen LogP contribution >= 0.6 is 0 Å². The minimum Gasteiger partial charge on any atom is -0.508 e. The summed E-state index contributed by atoms with van der Waals surface area (Å²) >= 11 is 0. The number of benzene rings is 1. The van der Waals surface area contributed by atoms with Gasteiger partial charge in [-0.1, -0.05) is 12.1 Å². The standard InChI is InChI=1S/C13H19NO2/c1-10(15)12-5-6-14(9-12)8-11-3-2-4-13(16)7-11/h2-4,7,10,12,15-16H,5-6,8-9H2,1H3. The van der Waals surface area contributed by atoms with Gasteiger partial charge in [-0.3, -0.25) is 4.90 Å². The Kier molecular flexibility index (Phi) is 3.46. The lowest BCUT2D eigenvalue weighted by atomic mass is 10.0. The summed E-state index contributed by atoms with van der Waals surface area (Å²) in [5.74, 6) is 0.723. The summed E-state index contributed by atoms with van der Waals surface area (Å²) in [6, 6.07) is 7.38. The van der Waals surface area contributed by atoms with Gasteiger partial charge >= 0.3 is 0 Å². The van der Waals surface area contributed by atoms with Gasteiger partial charge in [0.05, 0.1) is 6.10 Å². The Morgan fingerprint density at radius 3 is 2.94 bits per heavy atom. The smallest absolute Gasteiger partial charge is 0.115 e. The summed E-state index contributed by atoms with van der Waals surface area (Å²) < 4.78 is 0. The van der Waals surface area contributed by atoms with Crippen LogP contribution < -0.4 is 0 Å². The number of hydrogen-bond acceptors (Lipinski definition) is 3. The van der Waals surface area contributed by atoms with E-state index in [1.807, 2.05) is 19.1 Å². The first-order valence-electron chi connectivity index (χ1n) is 5.83. The van der Waals surface area contributed by atoms with Gasteiger partial charge in [-0.05, 0) is 43.5 Å². The molecule has 1 heterocycles. The Morgan fingerprint density at radius 1 is 1.50 bits per heavy atom. The Labute approximate surface area is 96.3 Å². The first-order valence-corrected chi connectivity index (χ1v) is 5.83. The average Bonchev–Trinajstić information content (AvgIpc) is 2.66. The zero-order valence-electron chi connectivity index (χ0n) is 9.63. The van der Waals surface area contributed by atoms with Crippen LogP contribution in [0.5, 0.6) is 5.75 Å². The molecule has 1 fully saturated rings. The fraction of sp³-hybridized carbons (Fsp3) is 0.538. The van der Waals surface area contributed by atoms with Gasteiger partial charge in [0.15, 0.2) is 0 Å². The average molecular weight is 221 g/mol. The summed E-state index contributed by atoms with van der Waals surface area (Å²) in [4.78, 5) is 2.33. The minimum atomic E-state index is -0.214. The van der Waals surface area contributed by atoms with Gasteiger partial charge in [0.2, 0.25) is 0 Å². The molecule has 1 aromatic rings. The third kappa shape index (κ3) is 2.74. The molecule has 2 rings (SSSR count). The lowest BCUT2D eigenvalue weighted by molar-refractivity contribution is 0.127. The number of phenols is 1. The van der Waals surface area contributed by atoms with Crippen LogP contribution in [0.15, 0.2) is 24.3 Å². The normalized spacial score (nSPS) is 23.5. The number of hydrogen-bond donors (Lipinski definition) is 2. The van der Waals surface area contributed by atoms with Crippen molar-refractivity contribution in [2.45, 2.75) is 26.0 Å². The van der Waals surface area contributed by atoms with Crippen LogP contribution in [0.1, 0.15) is 18.9 Å². The molecule has 0 bridgehead atoms. The second kappa shape index (κ2) is 4.85. The highest BCUT2D eigenvalue weighted by Crippen LogP contribution is 2.22. The molecule has 88 valence electrons. The molecule has 0 aliphatic carbocycles. The van der Waals surface area contributed by atoms with Crippen LogP contribution in [0.3, 0.4) is 0 Å². The largest absolute Gasteiger partial charge is 0.508 e. The van der Waals surface area contributed by atoms with Crippen molar-refractivity contribution in [1.29, 1.82) is 0 Å². The molecule has 0 aromatic heterocycles. The lowest BCUT2D eigenvalue weighted by Gasteiger charge is -2.17. The highest BCUT2D eigenvalue weighted by Gasteiger charge is 2.25. The quantitative estimate of drug-likeness (QED) is 0.814. The van der Waals surface area contributed by atoms with E-state index in [0.29, 0.717) is 11.7 Å². The van der Waals surface area contributed by atoms with Crippen molar-refractivity contribution in [3.05, 3.63) is 29.8 Å². The Balaban J connectivity index is 1.92.